The molecular formula is C13H21N3O. The van der Waals surface area contributed by atoms with E-state index >= 15 is 0 Å². The summed E-state index contributed by atoms with van der Waals surface area (Å²) in [5, 5.41) is 12.8. The number of aryl methyl sites for hydroxylation is 1. The van der Waals surface area contributed by atoms with Crippen LogP contribution in [0.25, 0.3) is 0 Å². The number of anilines is 2. The summed E-state index contributed by atoms with van der Waals surface area (Å²) < 4.78 is 0. The van der Waals surface area contributed by atoms with Crippen molar-refractivity contribution in [2.45, 2.75) is 38.7 Å². The normalized spacial score (nSPS) is 24.6. The third-order valence-corrected chi connectivity index (χ3v) is 3.53. The van der Waals surface area contributed by atoms with Crippen molar-refractivity contribution in [3.63, 3.8) is 0 Å². The molecule has 1 fully saturated rings. The zero-order valence-corrected chi connectivity index (χ0v) is 10.3. The average molecular weight is 235 g/mol. The van der Waals surface area contributed by atoms with Gasteiger partial charge in [-0.15, -0.1) is 0 Å². The Morgan fingerprint density at radius 2 is 2.12 bits per heavy atom. The van der Waals surface area contributed by atoms with Crippen LogP contribution in [0.3, 0.4) is 0 Å². The topological polar surface area (TPSA) is 71.2 Å². The standard InChI is InChI=1S/C13H21N3O/c1-9-7-15-13(6-12(9)14)16-8-10-2-4-11(17)5-3-10/h6-7,10-11,17H,2-5,8H2,1H3,(H3,14,15,16). The number of hydrogen-bond donors (Lipinski definition) is 3. The third kappa shape index (κ3) is 3.33. The van der Waals surface area contributed by atoms with Crippen molar-refractivity contribution in [3.05, 3.63) is 17.8 Å². The fraction of sp³-hybridized carbons (Fsp3) is 0.615. The largest absolute Gasteiger partial charge is 0.398 e. The van der Waals surface area contributed by atoms with Gasteiger partial charge in [0.1, 0.15) is 5.82 Å². The van der Waals surface area contributed by atoms with Gasteiger partial charge in [-0.3, -0.25) is 0 Å². The molecule has 1 aliphatic carbocycles. The highest BCUT2D eigenvalue weighted by Crippen LogP contribution is 2.24. The molecule has 1 saturated carbocycles. The summed E-state index contributed by atoms with van der Waals surface area (Å²) in [7, 11) is 0. The smallest absolute Gasteiger partial charge is 0.127 e. The number of hydrogen-bond acceptors (Lipinski definition) is 4. The second-order valence-corrected chi connectivity index (χ2v) is 4.98. The van der Waals surface area contributed by atoms with Crippen LogP contribution < -0.4 is 11.1 Å². The number of aliphatic hydroxyl groups excluding tert-OH is 1. The van der Waals surface area contributed by atoms with E-state index in [1.165, 1.54) is 0 Å². The number of nitrogens with zero attached hydrogens (tertiary/aromatic N) is 1. The Labute approximate surface area is 102 Å². The average Bonchev–Trinajstić information content (AvgIpc) is 2.33. The molecule has 0 spiro atoms. The Balaban J connectivity index is 1.83. The van der Waals surface area contributed by atoms with Gasteiger partial charge in [0.2, 0.25) is 0 Å². The molecule has 0 unspecified atom stereocenters. The molecule has 0 bridgehead atoms. The van der Waals surface area contributed by atoms with Gasteiger partial charge in [0, 0.05) is 24.5 Å². The molecule has 1 aromatic heterocycles. The first-order chi connectivity index (χ1) is 8.15. The number of aromatic nitrogens is 1. The maximum atomic E-state index is 9.43. The summed E-state index contributed by atoms with van der Waals surface area (Å²) in [5.74, 6) is 1.49. The Hall–Kier alpha value is -1.29. The first-order valence-corrected chi connectivity index (χ1v) is 6.29. The van der Waals surface area contributed by atoms with E-state index in [0.29, 0.717) is 5.92 Å². The number of aliphatic hydroxyl groups is 1. The maximum absolute atomic E-state index is 9.43. The van der Waals surface area contributed by atoms with E-state index in [0.717, 1.165) is 49.3 Å². The van der Waals surface area contributed by atoms with Crippen LogP contribution in [0.1, 0.15) is 31.2 Å². The van der Waals surface area contributed by atoms with E-state index in [4.69, 9.17) is 5.73 Å². The summed E-state index contributed by atoms with van der Waals surface area (Å²) >= 11 is 0. The Morgan fingerprint density at radius 3 is 2.76 bits per heavy atom. The molecule has 0 radical (unpaired) electrons. The van der Waals surface area contributed by atoms with Gasteiger partial charge in [-0.05, 0) is 44.1 Å². The van der Waals surface area contributed by atoms with E-state index in [1.54, 1.807) is 6.20 Å². The minimum atomic E-state index is -0.0839. The summed E-state index contributed by atoms with van der Waals surface area (Å²) in [6, 6.07) is 1.88. The molecule has 1 aliphatic rings. The van der Waals surface area contributed by atoms with E-state index in [2.05, 4.69) is 10.3 Å². The zero-order chi connectivity index (χ0) is 12.3. The molecule has 0 atom stereocenters. The van der Waals surface area contributed by atoms with Crippen LogP contribution in [-0.2, 0) is 0 Å². The summed E-state index contributed by atoms with van der Waals surface area (Å²) in [6.45, 7) is 2.87. The highest BCUT2D eigenvalue weighted by molar-refractivity contribution is 5.53. The first-order valence-electron chi connectivity index (χ1n) is 6.29. The number of nitrogens with one attached hydrogen (secondary N) is 1. The molecular weight excluding hydrogens is 214 g/mol. The minimum Gasteiger partial charge on any atom is -0.398 e. The number of rotatable bonds is 3. The van der Waals surface area contributed by atoms with Crippen LogP contribution in [0.4, 0.5) is 11.5 Å². The highest BCUT2D eigenvalue weighted by atomic mass is 16.3. The molecule has 4 N–H and O–H groups in total. The van der Waals surface area contributed by atoms with Crippen molar-refractivity contribution in [1.82, 2.24) is 4.98 Å². The van der Waals surface area contributed by atoms with Crippen molar-refractivity contribution in [2.75, 3.05) is 17.6 Å². The van der Waals surface area contributed by atoms with Crippen LogP contribution in [0.5, 0.6) is 0 Å². The molecule has 2 rings (SSSR count). The molecule has 1 heterocycles. The van der Waals surface area contributed by atoms with E-state index < -0.39 is 0 Å². The van der Waals surface area contributed by atoms with Crippen LogP contribution in [0.15, 0.2) is 12.3 Å². The lowest BCUT2D eigenvalue weighted by molar-refractivity contribution is 0.111. The zero-order valence-electron chi connectivity index (χ0n) is 10.3. The minimum absolute atomic E-state index is 0.0839. The molecule has 4 heteroatoms. The number of pyridine rings is 1. The molecule has 0 amide bonds. The fourth-order valence-corrected chi connectivity index (χ4v) is 2.23. The van der Waals surface area contributed by atoms with Gasteiger partial charge in [0.15, 0.2) is 0 Å². The molecule has 0 saturated heterocycles. The molecule has 94 valence electrons. The van der Waals surface area contributed by atoms with Gasteiger partial charge in [0.05, 0.1) is 6.10 Å². The lowest BCUT2D eigenvalue weighted by atomic mass is 9.87. The lowest BCUT2D eigenvalue weighted by Crippen LogP contribution is -2.23. The van der Waals surface area contributed by atoms with Crippen LogP contribution >= 0.6 is 0 Å². The number of nitrogens with two attached hydrogens (primary N) is 1. The van der Waals surface area contributed by atoms with Gasteiger partial charge in [-0.2, -0.15) is 0 Å². The first kappa shape index (κ1) is 12.2. The van der Waals surface area contributed by atoms with Gasteiger partial charge in [0.25, 0.3) is 0 Å². The van der Waals surface area contributed by atoms with Crippen molar-refractivity contribution >= 4 is 11.5 Å². The van der Waals surface area contributed by atoms with Crippen molar-refractivity contribution in [1.29, 1.82) is 0 Å². The van der Waals surface area contributed by atoms with Gasteiger partial charge in [-0.1, -0.05) is 0 Å². The molecule has 17 heavy (non-hydrogen) atoms. The SMILES string of the molecule is Cc1cnc(NCC2CCC(O)CC2)cc1N. The van der Waals surface area contributed by atoms with Gasteiger partial charge >= 0.3 is 0 Å². The molecule has 1 aromatic rings. The maximum Gasteiger partial charge on any atom is 0.127 e. The predicted molar refractivity (Wildman–Crippen MR) is 69.8 cm³/mol. The molecule has 0 aromatic carbocycles. The van der Waals surface area contributed by atoms with Crippen LogP contribution in [0, 0.1) is 12.8 Å². The third-order valence-electron chi connectivity index (χ3n) is 3.53. The fourth-order valence-electron chi connectivity index (χ4n) is 2.23. The van der Waals surface area contributed by atoms with Crippen LogP contribution in [0.2, 0.25) is 0 Å². The monoisotopic (exact) mass is 235 g/mol. The Morgan fingerprint density at radius 1 is 1.41 bits per heavy atom. The highest BCUT2D eigenvalue weighted by Gasteiger charge is 2.18. The van der Waals surface area contributed by atoms with Crippen molar-refractivity contribution in [3.8, 4) is 0 Å². The quantitative estimate of drug-likeness (QED) is 0.748. The van der Waals surface area contributed by atoms with Gasteiger partial charge in [-0.25, -0.2) is 4.98 Å². The summed E-state index contributed by atoms with van der Waals surface area (Å²) in [4.78, 5) is 4.30. The van der Waals surface area contributed by atoms with Gasteiger partial charge < -0.3 is 16.2 Å². The molecule has 0 aliphatic heterocycles. The lowest BCUT2D eigenvalue weighted by Gasteiger charge is -2.25. The predicted octanol–water partition coefficient (Wildman–Crippen LogP) is 1.94. The van der Waals surface area contributed by atoms with E-state index in [9.17, 15) is 5.11 Å². The summed E-state index contributed by atoms with van der Waals surface area (Å²) in [6.07, 6.45) is 5.75. The van der Waals surface area contributed by atoms with Crippen molar-refractivity contribution in [2.24, 2.45) is 5.92 Å². The molecule has 4 nitrogen and oxygen atoms in total. The van der Waals surface area contributed by atoms with Crippen LogP contribution in [-0.4, -0.2) is 22.7 Å². The Bertz CT molecular complexity index is 373. The van der Waals surface area contributed by atoms with Crippen molar-refractivity contribution < 1.29 is 5.11 Å². The number of nitrogen functional groups attached to an aromatic ring is 1. The Kier molecular flexibility index (Phi) is 3.84. The second-order valence-electron chi connectivity index (χ2n) is 4.98. The second kappa shape index (κ2) is 5.36. The van der Waals surface area contributed by atoms with E-state index in [1.807, 2.05) is 13.0 Å². The van der Waals surface area contributed by atoms with E-state index in [-0.39, 0.29) is 6.10 Å². The summed E-state index contributed by atoms with van der Waals surface area (Å²) in [5.41, 5.74) is 7.62.